The average Bonchev–Trinajstić information content (AvgIpc) is 3.01. The molecule has 1 unspecified atom stereocenters. The van der Waals surface area contributed by atoms with Gasteiger partial charge >= 0.3 is 0 Å². The van der Waals surface area contributed by atoms with Crippen molar-refractivity contribution in [3.63, 3.8) is 0 Å². The molecule has 0 N–H and O–H groups in total. The molecule has 2 saturated heterocycles. The van der Waals surface area contributed by atoms with Gasteiger partial charge in [-0.2, -0.15) is 0 Å². The molecule has 2 aromatic rings. The largest absolute Gasteiger partial charge is 0.488 e. The maximum absolute atomic E-state index is 13.7. The van der Waals surface area contributed by atoms with Crippen molar-refractivity contribution in [2.24, 2.45) is 0 Å². The fourth-order valence-electron chi connectivity index (χ4n) is 3.45. The summed E-state index contributed by atoms with van der Waals surface area (Å²) in [6, 6.07) is 10.2. The summed E-state index contributed by atoms with van der Waals surface area (Å²) in [7, 11) is 0. The molecule has 1 amide bonds. The summed E-state index contributed by atoms with van der Waals surface area (Å²) in [4.78, 5) is 18.3. The van der Waals surface area contributed by atoms with Crippen LogP contribution in [0.1, 0.15) is 12.0 Å². The van der Waals surface area contributed by atoms with Gasteiger partial charge in [-0.05, 0) is 23.8 Å². The Labute approximate surface area is 150 Å². The first-order chi connectivity index (χ1) is 12.1. The minimum atomic E-state index is -0.314. The lowest BCUT2D eigenvalue weighted by molar-refractivity contribution is -0.135. The van der Waals surface area contributed by atoms with E-state index in [2.05, 4.69) is 4.98 Å². The number of ether oxygens (including phenoxy) is 1. The number of carbonyl (C=O) groups is 1. The van der Waals surface area contributed by atoms with Crippen LogP contribution in [0.2, 0.25) is 0 Å². The molecular weight excluding hydrogens is 339 g/mol. The summed E-state index contributed by atoms with van der Waals surface area (Å²) in [5.74, 6) is 1.39. The summed E-state index contributed by atoms with van der Waals surface area (Å²) in [6.07, 6.45) is 4.65. The van der Waals surface area contributed by atoms with Gasteiger partial charge in [-0.1, -0.05) is 18.2 Å². The van der Waals surface area contributed by atoms with E-state index in [1.54, 1.807) is 30.6 Å². The highest BCUT2D eigenvalue weighted by Gasteiger charge is 2.51. The maximum Gasteiger partial charge on any atom is 0.227 e. The topological polar surface area (TPSA) is 42.4 Å². The number of halogens is 1. The highest BCUT2D eigenvalue weighted by atomic mass is 32.2. The minimum absolute atomic E-state index is 0.00653. The van der Waals surface area contributed by atoms with E-state index in [9.17, 15) is 9.18 Å². The highest BCUT2D eigenvalue weighted by Crippen LogP contribution is 2.46. The number of likely N-dealkylation sites (tertiary alicyclic amines) is 1. The van der Waals surface area contributed by atoms with E-state index in [4.69, 9.17) is 4.74 Å². The van der Waals surface area contributed by atoms with Gasteiger partial charge in [0.1, 0.15) is 17.7 Å². The van der Waals surface area contributed by atoms with Gasteiger partial charge in [0.2, 0.25) is 5.91 Å². The Kier molecular flexibility index (Phi) is 4.37. The van der Waals surface area contributed by atoms with Crippen LogP contribution >= 0.6 is 11.8 Å². The maximum atomic E-state index is 13.7. The zero-order chi connectivity index (χ0) is 17.3. The molecule has 130 valence electrons. The molecule has 0 aliphatic carbocycles. The molecule has 2 aliphatic heterocycles. The number of carbonyl (C=O) groups excluding carboxylic acids is 1. The van der Waals surface area contributed by atoms with E-state index in [-0.39, 0.29) is 29.0 Å². The molecule has 25 heavy (non-hydrogen) atoms. The first-order valence-corrected chi connectivity index (χ1v) is 9.34. The molecule has 4 rings (SSSR count). The lowest BCUT2D eigenvalue weighted by Crippen LogP contribution is -2.61. The summed E-state index contributed by atoms with van der Waals surface area (Å²) in [5, 5.41) is 0. The summed E-state index contributed by atoms with van der Waals surface area (Å²) >= 11 is 1.88. The first-order valence-electron chi connectivity index (χ1n) is 8.35. The van der Waals surface area contributed by atoms with Crippen molar-refractivity contribution in [1.29, 1.82) is 0 Å². The normalized spacial score (nSPS) is 21.2. The fourth-order valence-corrected chi connectivity index (χ4v) is 4.97. The highest BCUT2D eigenvalue weighted by molar-refractivity contribution is 8.01. The number of aromatic nitrogens is 1. The molecule has 1 aromatic heterocycles. The third kappa shape index (κ3) is 3.49. The number of amides is 1. The Hall–Kier alpha value is -2.08. The molecule has 1 atom stereocenters. The number of thioether (sulfide) groups is 1. The van der Waals surface area contributed by atoms with Crippen molar-refractivity contribution in [2.75, 3.05) is 18.8 Å². The van der Waals surface area contributed by atoms with Crippen molar-refractivity contribution in [2.45, 2.75) is 23.7 Å². The number of rotatable bonds is 4. The van der Waals surface area contributed by atoms with Crippen LogP contribution in [0, 0.1) is 5.82 Å². The Morgan fingerprint density at radius 1 is 1.32 bits per heavy atom. The molecule has 4 nitrogen and oxygen atoms in total. The summed E-state index contributed by atoms with van der Waals surface area (Å²) in [6.45, 7) is 1.44. The zero-order valence-corrected chi connectivity index (χ0v) is 14.5. The van der Waals surface area contributed by atoms with Gasteiger partial charge in [0.15, 0.2) is 0 Å². The van der Waals surface area contributed by atoms with E-state index in [0.717, 1.165) is 31.0 Å². The van der Waals surface area contributed by atoms with Crippen LogP contribution in [-0.2, 0) is 11.2 Å². The average molecular weight is 358 g/mol. The monoisotopic (exact) mass is 358 g/mol. The number of pyridine rings is 1. The van der Waals surface area contributed by atoms with Crippen molar-refractivity contribution < 1.29 is 13.9 Å². The molecular formula is C19H19FN2O2S. The van der Waals surface area contributed by atoms with Gasteiger partial charge < -0.3 is 9.64 Å². The third-order valence-corrected chi connectivity index (χ3v) is 6.30. The predicted octanol–water partition coefficient (Wildman–Crippen LogP) is 2.93. The van der Waals surface area contributed by atoms with Crippen LogP contribution in [0.3, 0.4) is 0 Å². The molecule has 6 heteroatoms. The molecule has 0 saturated carbocycles. The molecule has 0 radical (unpaired) electrons. The number of hydrogen-bond donors (Lipinski definition) is 0. The van der Waals surface area contributed by atoms with Gasteiger partial charge in [0.05, 0.1) is 17.4 Å². The minimum Gasteiger partial charge on any atom is -0.488 e. The second kappa shape index (κ2) is 6.67. The van der Waals surface area contributed by atoms with Gasteiger partial charge in [-0.25, -0.2) is 4.39 Å². The smallest absolute Gasteiger partial charge is 0.227 e. The van der Waals surface area contributed by atoms with Crippen LogP contribution < -0.4 is 4.74 Å². The lowest BCUT2D eigenvalue weighted by Gasteiger charge is -2.47. The molecule has 2 fully saturated rings. The Morgan fingerprint density at radius 2 is 2.16 bits per heavy atom. The van der Waals surface area contributed by atoms with E-state index >= 15 is 0 Å². The van der Waals surface area contributed by atoms with Gasteiger partial charge in [0, 0.05) is 31.5 Å². The van der Waals surface area contributed by atoms with Gasteiger partial charge in [-0.15, -0.1) is 11.8 Å². The third-order valence-electron chi connectivity index (χ3n) is 4.72. The van der Waals surface area contributed by atoms with Crippen LogP contribution in [0.4, 0.5) is 4.39 Å². The van der Waals surface area contributed by atoms with Crippen molar-refractivity contribution in [3.8, 4) is 5.75 Å². The molecule has 1 aromatic carbocycles. The first kappa shape index (κ1) is 16.4. The van der Waals surface area contributed by atoms with Crippen molar-refractivity contribution in [3.05, 3.63) is 60.2 Å². The number of benzene rings is 1. The molecule has 2 aliphatic rings. The van der Waals surface area contributed by atoms with Gasteiger partial charge in [0.25, 0.3) is 0 Å². The second-order valence-electron chi connectivity index (χ2n) is 6.64. The molecule has 0 bridgehead atoms. The predicted molar refractivity (Wildman–Crippen MR) is 95.1 cm³/mol. The van der Waals surface area contributed by atoms with E-state index in [1.807, 2.05) is 28.8 Å². The number of nitrogens with zero attached hydrogens (tertiary/aromatic N) is 2. The van der Waals surface area contributed by atoms with E-state index in [0.29, 0.717) is 5.56 Å². The Morgan fingerprint density at radius 3 is 2.92 bits per heavy atom. The Balaban J connectivity index is 1.30. The molecule has 3 heterocycles. The quantitative estimate of drug-likeness (QED) is 0.843. The second-order valence-corrected chi connectivity index (χ2v) is 8.13. The zero-order valence-electron chi connectivity index (χ0n) is 13.7. The van der Waals surface area contributed by atoms with Crippen LogP contribution in [0.5, 0.6) is 5.75 Å². The lowest BCUT2D eigenvalue weighted by atomic mass is 9.92. The van der Waals surface area contributed by atoms with Crippen LogP contribution in [0.15, 0.2) is 48.8 Å². The van der Waals surface area contributed by atoms with E-state index in [1.165, 1.54) is 6.07 Å². The van der Waals surface area contributed by atoms with Crippen molar-refractivity contribution >= 4 is 17.7 Å². The SMILES string of the molecule is O=C(Cc1ccccc1F)N1CC2(CC(Oc3cccnc3)CS2)C1. The summed E-state index contributed by atoms with van der Waals surface area (Å²) in [5.41, 5.74) is 0.463. The van der Waals surface area contributed by atoms with E-state index < -0.39 is 0 Å². The number of hydrogen-bond acceptors (Lipinski definition) is 4. The van der Waals surface area contributed by atoms with Crippen LogP contribution in [0.25, 0.3) is 0 Å². The van der Waals surface area contributed by atoms with Crippen LogP contribution in [-0.4, -0.2) is 45.5 Å². The summed E-state index contributed by atoms with van der Waals surface area (Å²) < 4.78 is 19.8. The fraction of sp³-hybridized carbons (Fsp3) is 0.368. The molecule has 1 spiro atoms. The van der Waals surface area contributed by atoms with Crippen molar-refractivity contribution in [1.82, 2.24) is 9.88 Å². The standard InChI is InChI=1S/C19H19FN2O2S/c20-17-6-2-1-4-14(17)8-18(23)22-12-19(13-22)9-16(11-25-19)24-15-5-3-7-21-10-15/h1-7,10,16H,8-9,11-13H2. The Bertz CT molecular complexity index is 765. The van der Waals surface area contributed by atoms with Gasteiger partial charge in [-0.3, -0.25) is 9.78 Å².